The molecule has 1 aliphatic rings. The average Bonchev–Trinajstić information content (AvgIpc) is 3.26. The summed E-state index contributed by atoms with van der Waals surface area (Å²) >= 11 is 0. The van der Waals surface area contributed by atoms with E-state index in [0.29, 0.717) is 31.2 Å². The second-order valence-electron chi connectivity index (χ2n) is 7.49. The predicted molar refractivity (Wildman–Crippen MR) is 114 cm³/mol. The van der Waals surface area contributed by atoms with Crippen molar-refractivity contribution in [3.8, 4) is 11.4 Å². The minimum absolute atomic E-state index is 0.0225. The van der Waals surface area contributed by atoms with Gasteiger partial charge in [-0.25, -0.2) is 26.7 Å². The van der Waals surface area contributed by atoms with Gasteiger partial charge in [0.2, 0.25) is 25.9 Å². The van der Waals surface area contributed by atoms with Crippen molar-refractivity contribution in [3.63, 3.8) is 0 Å². The number of piperidine rings is 1. The zero-order valence-electron chi connectivity index (χ0n) is 17.0. The molecule has 1 fully saturated rings. The van der Waals surface area contributed by atoms with Crippen molar-refractivity contribution in [1.29, 1.82) is 0 Å². The number of aromatic nitrogens is 4. The number of aromatic amines is 1. The van der Waals surface area contributed by atoms with Crippen LogP contribution in [0.1, 0.15) is 19.8 Å². The fourth-order valence-electron chi connectivity index (χ4n) is 3.58. The number of sulfonamides is 2. The largest absolute Gasteiger partial charge is 0.371 e. The Bertz CT molecular complexity index is 1110. The van der Waals surface area contributed by atoms with E-state index in [1.807, 2.05) is 4.90 Å². The first-order valence-corrected chi connectivity index (χ1v) is 12.7. The molecule has 8 N–H and O–H groups in total. The summed E-state index contributed by atoms with van der Waals surface area (Å²) in [5, 5.41) is 19.1. The lowest BCUT2D eigenvalue weighted by atomic mass is 9.96. The van der Waals surface area contributed by atoms with Crippen molar-refractivity contribution < 1.29 is 16.8 Å². The summed E-state index contributed by atoms with van der Waals surface area (Å²) in [6.45, 7) is 3.35. The van der Waals surface area contributed by atoms with Crippen LogP contribution in [0.4, 0.5) is 5.69 Å². The number of H-pyrrole nitrogens is 1. The number of hydrogen-bond acceptors (Lipinski definition) is 10. The first kappa shape index (κ1) is 23.5. The van der Waals surface area contributed by atoms with E-state index in [1.54, 1.807) is 6.92 Å². The topological polar surface area (TPSA) is 216 Å². The van der Waals surface area contributed by atoms with Gasteiger partial charge in [-0.2, -0.15) is 5.21 Å². The monoisotopic (exact) mass is 473 g/mol. The summed E-state index contributed by atoms with van der Waals surface area (Å²) in [4.78, 5) is 0.846. The van der Waals surface area contributed by atoms with Gasteiger partial charge in [-0.3, -0.25) is 0 Å². The van der Waals surface area contributed by atoms with Crippen molar-refractivity contribution >= 4 is 25.7 Å². The van der Waals surface area contributed by atoms with Crippen LogP contribution in [0.3, 0.4) is 0 Å². The van der Waals surface area contributed by atoms with Gasteiger partial charge in [0.1, 0.15) is 9.79 Å². The zero-order valence-corrected chi connectivity index (χ0v) is 18.7. The summed E-state index contributed by atoms with van der Waals surface area (Å²) in [6, 6.07) is 2.13. The maximum Gasteiger partial charge on any atom is 0.242 e. The lowest BCUT2D eigenvalue weighted by Gasteiger charge is -2.34. The Kier molecular flexibility index (Phi) is 6.92. The van der Waals surface area contributed by atoms with Gasteiger partial charge in [-0.05, 0) is 49.6 Å². The van der Waals surface area contributed by atoms with E-state index >= 15 is 0 Å². The van der Waals surface area contributed by atoms with Crippen LogP contribution in [0.15, 0.2) is 21.9 Å². The number of nitrogens with zero attached hydrogens (tertiary/aromatic N) is 4. The molecule has 0 saturated carbocycles. The average molecular weight is 474 g/mol. The third-order valence-electron chi connectivity index (χ3n) is 5.24. The van der Waals surface area contributed by atoms with Crippen molar-refractivity contribution in [2.75, 3.05) is 31.1 Å². The van der Waals surface area contributed by atoms with Crippen LogP contribution in [0.2, 0.25) is 0 Å². The summed E-state index contributed by atoms with van der Waals surface area (Å²) < 4.78 is 53.6. The highest BCUT2D eigenvalue weighted by Crippen LogP contribution is 2.39. The Labute approximate surface area is 180 Å². The van der Waals surface area contributed by atoms with E-state index in [-0.39, 0.29) is 17.9 Å². The van der Waals surface area contributed by atoms with E-state index in [0.717, 1.165) is 12.8 Å². The second kappa shape index (κ2) is 9.13. The summed E-state index contributed by atoms with van der Waals surface area (Å²) in [7, 11) is -8.78. The molecule has 1 aliphatic heterocycles. The van der Waals surface area contributed by atoms with E-state index in [9.17, 15) is 16.8 Å². The molecular formula is C16H27N9O4S2. The van der Waals surface area contributed by atoms with Crippen LogP contribution in [0.5, 0.6) is 0 Å². The van der Waals surface area contributed by atoms with Crippen LogP contribution in [-0.2, 0) is 20.0 Å². The van der Waals surface area contributed by atoms with Crippen molar-refractivity contribution in [1.82, 2.24) is 25.3 Å². The molecule has 13 nitrogen and oxygen atoms in total. The Balaban J connectivity index is 2.24. The minimum Gasteiger partial charge on any atom is -0.371 e. The smallest absolute Gasteiger partial charge is 0.242 e. The Morgan fingerprint density at radius 1 is 1.23 bits per heavy atom. The molecule has 0 bridgehead atoms. The highest BCUT2D eigenvalue weighted by molar-refractivity contribution is 7.92. The molecule has 0 spiro atoms. The molecule has 0 aliphatic carbocycles. The molecule has 31 heavy (non-hydrogen) atoms. The number of anilines is 1. The Morgan fingerprint density at radius 3 is 2.42 bits per heavy atom. The third-order valence-corrected chi connectivity index (χ3v) is 8.00. The molecule has 1 aromatic heterocycles. The van der Waals surface area contributed by atoms with Crippen LogP contribution in [0.25, 0.3) is 11.4 Å². The van der Waals surface area contributed by atoms with Gasteiger partial charge in [0, 0.05) is 31.4 Å². The normalized spacial score (nSPS) is 17.1. The molecular weight excluding hydrogens is 446 g/mol. The number of nitrogens with two attached hydrogens (primary N) is 3. The highest BCUT2D eigenvalue weighted by atomic mass is 32.2. The molecule has 0 amide bonds. The van der Waals surface area contributed by atoms with Gasteiger partial charge in [0.15, 0.2) is 0 Å². The SMILES string of the molecule is CC(CN)NS(=O)(=O)c1ccc(N2CCC(CN)CC2)c(-c2nn[nH]n2)c1S(N)(=O)=O. The number of hydrogen-bond donors (Lipinski definition) is 5. The summed E-state index contributed by atoms with van der Waals surface area (Å²) in [5.74, 6) is 0.285. The van der Waals surface area contributed by atoms with Crippen LogP contribution in [-0.4, -0.2) is 69.7 Å². The van der Waals surface area contributed by atoms with Gasteiger partial charge in [-0.15, -0.1) is 10.2 Å². The lowest BCUT2D eigenvalue weighted by Crippen LogP contribution is -2.39. The quantitative estimate of drug-likeness (QED) is 0.293. The van der Waals surface area contributed by atoms with Gasteiger partial charge in [0.05, 0.1) is 5.56 Å². The van der Waals surface area contributed by atoms with Crippen LogP contribution >= 0.6 is 0 Å². The number of nitrogens with one attached hydrogen (secondary N) is 2. The van der Waals surface area contributed by atoms with Gasteiger partial charge in [-0.1, -0.05) is 0 Å². The molecule has 1 aromatic carbocycles. The van der Waals surface area contributed by atoms with Gasteiger partial charge < -0.3 is 16.4 Å². The number of rotatable bonds is 8. The maximum atomic E-state index is 13.0. The predicted octanol–water partition coefficient (Wildman–Crippen LogP) is -1.69. The van der Waals surface area contributed by atoms with Crippen molar-refractivity contribution in [2.45, 2.75) is 35.6 Å². The highest BCUT2D eigenvalue weighted by Gasteiger charge is 2.34. The summed E-state index contributed by atoms with van der Waals surface area (Å²) in [5.41, 5.74) is 11.7. The standard InChI is InChI=1S/C16H27N9O4S2/c1-10(8-17)22-31(28,29)13-3-2-12(25-6-4-11(9-18)5-7-25)14(15(13)30(19,26)27)16-20-23-24-21-16/h2-3,10-11,22H,4-9,17-18H2,1H3,(H2,19,26,27)(H,20,21,23,24). The Morgan fingerprint density at radius 2 is 1.90 bits per heavy atom. The van der Waals surface area contributed by atoms with E-state index in [1.165, 1.54) is 12.1 Å². The van der Waals surface area contributed by atoms with E-state index in [4.69, 9.17) is 16.6 Å². The molecule has 0 radical (unpaired) electrons. The molecule has 2 heterocycles. The second-order valence-corrected chi connectivity index (χ2v) is 10.7. The third kappa shape index (κ3) is 5.02. The molecule has 2 aromatic rings. The molecule has 3 rings (SSSR count). The van der Waals surface area contributed by atoms with Gasteiger partial charge in [0.25, 0.3) is 0 Å². The van der Waals surface area contributed by atoms with Crippen molar-refractivity contribution in [3.05, 3.63) is 12.1 Å². The summed E-state index contributed by atoms with van der Waals surface area (Å²) in [6.07, 6.45) is 1.62. The van der Waals surface area contributed by atoms with Crippen molar-refractivity contribution in [2.24, 2.45) is 22.5 Å². The number of tetrazole rings is 1. The fraction of sp³-hybridized carbons (Fsp3) is 0.562. The number of primary sulfonamides is 1. The fourth-order valence-corrected chi connectivity index (χ4v) is 6.43. The first-order valence-electron chi connectivity index (χ1n) is 9.69. The molecule has 172 valence electrons. The van der Waals surface area contributed by atoms with Gasteiger partial charge >= 0.3 is 0 Å². The first-order chi connectivity index (χ1) is 14.6. The zero-order chi connectivity index (χ0) is 22.8. The number of benzene rings is 1. The molecule has 1 unspecified atom stereocenters. The molecule has 15 heteroatoms. The van der Waals surface area contributed by atoms with E-state index in [2.05, 4.69) is 25.3 Å². The van der Waals surface area contributed by atoms with Crippen LogP contribution in [0, 0.1) is 5.92 Å². The minimum atomic E-state index is -4.51. The molecule has 1 saturated heterocycles. The lowest BCUT2D eigenvalue weighted by molar-refractivity contribution is 0.414. The molecule has 1 atom stereocenters. The maximum absolute atomic E-state index is 13.0. The van der Waals surface area contributed by atoms with Crippen LogP contribution < -0.4 is 26.2 Å². The van der Waals surface area contributed by atoms with E-state index < -0.39 is 35.9 Å². The Hall–Kier alpha value is -2.17.